The van der Waals surface area contributed by atoms with Crippen molar-refractivity contribution in [3.05, 3.63) is 57.0 Å². The van der Waals surface area contributed by atoms with Crippen LogP contribution in [0.2, 0.25) is 0 Å². The van der Waals surface area contributed by atoms with Crippen LogP contribution >= 0.6 is 0 Å². The molecule has 21 heavy (non-hydrogen) atoms. The van der Waals surface area contributed by atoms with Crippen molar-refractivity contribution in [1.29, 1.82) is 0 Å². The molecule has 1 aromatic carbocycles. The standard InChI is InChI=1S/C14H14FN3O3/c1-8-4-13(11(15)5-12(8)18(19)20)21-14-9(2)3-10(6-16)7-17-14/h3-5,7H,6,16H2,1-2H3. The van der Waals surface area contributed by atoms with Crippen molar-refractivity contribution < 1.29 is 14.1 Å². The fraction of sp³-hybridized carbons (Fsp3) is 0.214. The molecule has 0 aliphatic heterocycles. The normalized spacial score (nSPS) is 10.5. The number of ether oxygens (including phenoxy) is 1. The van der Waals surface area contributed by atoms with E-state index in [1.165, 1.54) is 13.0 Å². The number of hydrogen-bond acceptors (Lipinski definition) is 5. The van der Waals surface area contributed by atoms with Gasteiger partial charge in [-0.2, -0.15) is 0 Å². The number of hydrogen-bond donors (Lipinski definition) is 1. The molecule has 1 aromatic heterocycles. The molecule has 7 heteroatoms. The number of nitrogens with two attached hydrogens (primary N) is 1. The average Bonchev–Trinajstić information content (AvgIpc) is 2.44. The Kier molecular flexibility index (Phi) is 4.13. The number of aromatic nitrogens is 1. The predicted octanol–water partition coefficient (Wildman–Crippen LogP) is 3.00. The molecule has 2 aromatic rings. The average molecular weight is 291 g/mol. The lowest BCUT2D eigenvalue weighted by atomic mass is 10.2. The molecule has 0 fully saturated rings. The first-order valence-corrected chi connectivity index (χ1v) is 6.20. The largest absolute Gasteiger partial charge is 0.436 e. The molecule has 2 N–H and O–H groups in total. The molecular formula is C14H14FN3O3. The van der Waals surface area contributed by atoms with Gasteiger partial charge in [-0.3, -0.25) is 10.1 Å². The summed E-state index contributed by atoms with van der Waals surface area (Å²) in [6, 6.07) is 3.91. The van der Waals surface area contributed by atoms with Gasteiger partial charge in [-0.15, -0.1) is 0 Å². The molecule has 0 saturated carbocycles. The molecule has 0 unspecified atom stereocenters. The molecule has 0 aliphatic rings. The van der Waals surface area contributed by atoms with Crippen LogP contribution in [0.4, 0.5) is 10.1 Å². The minimum Gasteiger partial charge on any atom is -0.436 e. The molecule has 0 saturated heterocycles. The summed E-state index contributed by atoms with van der Waals surface area (Å²) in [5.74, 6) is -0.676. The van der Waals surface area contributed by atoms with E-state index in [2.05, 4.69) is 4.98 Å². The van der Waals surface area contributed by atoms with Gasteiger partial charge in [0.2, 0.25) is 5.88 Å². The topological polar surface area (TPSA) is 91.3 Å². The molecule has 6 nitrogen and oxygen atoms in total. The van der Waals surface area contributed by atoms with E-state index in [-0.39, 0.29) is 17.3 Å². The molecule has 2 rings (SSSR count). The van der Waals surface area contributed by atoms with Gasteiger partial charge in [0.25, 0.3) is 5.69 Å². The first-order chi connectivity index (χ1) is 9.92. The third-order valence-corrected chi connectivity index (χ3v) is 2.98. The van der Waals surface area contributed by atoms with Gasteiger partial charge in [0.05, 0.1) is 11.0 Å². The SMILES string of the molecule is Cc1cc(Oc2ncc(CN)cc2C)c(F)cc1[N+](=O)[O-]. The van der Waals surface area contributed by atoms with Crippen LogP contribution in [0.1, 0.15) is 16.7 Å². The Hall–Kier alpha value is -2.54. The van der Waals surface area contributed by atoms with Gasteiger partial charge >= 0.3 is 0 Å². The Morgan fingerprint density at radius 1 is 1.33 bits per heavy atom. The van der Waals surface area contributed by atoms with Crippen LogP contribution < -0.4 is 10.5 Å². The highest BCUT2D eigenvalue weighted by Crippen LogP contribution is 2.31. The predicted molar refractivity (Wildman–Crippen MR) is 74.7 cm³/mol. The van der Waals surface area contributed by atoms with Gasteiger partial charge in [-0.25, -0.2) is 9.37 Å². The number of benzene rings is 1. The van der Waals surface area contributed by atoms with Crippen molar-refractivity contribution in [2.75, 3.05) is 0 Å². The maximum absolute atomic E-state index is 13.9. The van der Waals surface area contributed by atoms with Crippen molar-refractivity contribution in [3.8, 4) is 11.6 Å². The lowest BCUT2D eigenvalue weighted by Crippen LogP contribution is -2.01. The van der Waals surface area contributed by atoms with E-state index < -0.39 is 10.7 Å². The van der Waals surface area contributed by atoms with Gasteiger partial charge in [-0.1, -0.05) is 0 Å². The minimum absolute atomic E-state index is 0.103. The van der Waals surface area contributed by atoms with E-state index in [4.69, 9.17) is 10.5 Å². The van der Waals surface area contributed by atoms with Gasteiger partial charge in [0.15, 0.2) is 11.6 Å². The maximum Gasteiger partial charge on any atom is 0.275 e. The Bertz CT molecular complexity index is 704. The zero-order valence-electron chi connectivity index (χ0n) is 11.6. The van der Waals surface area contributed by atoms with Crippen molar-refractivity contribution in [3.63, 3.8) is 0 Å². The summed E-state index contributed by atoms with van der Waals surface area (Å²) >= 11 is 0. The van der Waals surface area contributed by atoms with Gasteiger partial charge in [0, 0.05) is 23.9 Å². The number of aryl methyl sites for hydroxylation is 2. The molecular weight excluding hydrogens is 277 g/mol. The van der Waals surface area contributed by atoms with E-state index >= 15 is 0 Å². The zero-order chi connectivity index (χ0) is 15.6. The highest BCUT2D eigenvalue weighted by molar-refractivity contribution is 5.46. The van der Waals surface area contributed by atoms with Crippen LogP contribution in [-0.2, 0) is 6.54 Å². The fourth-order valence-electron chi connectivity index (χ4n) is 1.86. The molecule has 0 amide bonds. The maximum atomic E-state index is 13.9. The molecule has 0 spiro atoms. The first kappa shape index (κ1) is 14.9. The summed E-state index contributed by atoms with van der Waals surface area (Å²) in [6.45, 7) is 3.62. The van der Waals surface area contributed by atoms with Crippen LogP contribution in [0.15, 0.2) is 24.4 Å². The third-order valence-electron chi connectivity index (χ3n) is 2.98. The van der Waals surface area contributed by atoms with Gasteiger partial charge < -0.3 is 10.5 Å². The van der Waals surface area contributed by atoms with Crippen molar-refractivity contribution in [2.45, 2.75) is 20.4 Å². The summed E-state index contributed by atoms with van der Waals surface area (Å²) in [5, 5.41) is 10.7. The summed E-state index contributed by atoms with van der Waals surface area (Å²) in [7, 11) is 0. The van der Waals surface area contributed by atoms with Crippen molar-refractivity contribution >= 4 is 5.69 Å². The quantitative estimate of drug-likeness (QED) is 0.690. The molecule has 1 heterocycles. The first-order valence-electron chi connectivity index (χ1n) is 6.20. The number of nitro benzene ring substituents is 1. The number of halogens is 1. The number of nitro groups is 1. The number of pyridine rings is 1. The smallest absolute Gasteiger partial charge is 0.275 e. The van der Waals surface area contributed by atoms with E-state index in [0.29, 0.717) is 17.7 Å². The lowest BCUT2D eigenvalue weighted by Gasteiger charge is -2.10. The van der Waals surface area contributed by atoms with Crippen LogP contribution in [0.5, 0.6) is 11.6 Å². The molecule has 0 bridgehead atoms. The second kappa shape index (κ2) is 5.84. The lowest BCUT2D eigenvalue weighted by molar-refractivity contribution is -0.385. The number of nitrogens with zero attached hydrogens (tertiary/aromatic N) is 2. The van der Waals surface area contributed by atoms with Gasteiger partial charge in [-0.05, 0) is 31.5 Å². The minimum atomic E-state index is -0.809. The van der Waals surface area contributed by atoms with E-state index in [9.17, 15) is 14.5 Å². The highest BCUT2D eigenvalue weighted by Gasteiger charge is 2.17. The van der Waals surface area contributed by atoms with Crippen molar-refractivity contribution in [1.82, 2.24) is 4.98 Å². The van der Waals surface area contributed by atoms with E-state index in [1.807, 2.05) is 0 Å². The van der Waals surface area contributed by atoms with Crippen molar-refractivity contribution in [2.24, 2.45) is 5.73 Å². The fourth-order valence-corrected chi connectivity index (χ4v) is 1.86. The number of rotatable bonds is 4. The Morgan fingerprint density at radius 3 is 2.62 bits per heavy atom. The summed E-state index contributed by atoms with van der Waals surface area (Å²) < 4.78 is 19.3. The van der Waals surface area contributed by atoms with E-state index in [0.717, 1.165) is 11.6 Å². The summed E-state index contributed by atoms with van der Waals surface area (Å²) in [5.41, 5.74) is 7.07. The third kappa shape index (κ3) is 3.14. The Morgan fingerprint density at radius 2 is 2.05 bits per heavy atom. The second-order valence-electron chi connectivity index (χ2n) is 4.60. The molecule has 110 valence electrons. The van der Waals surface area contributed by atoms with Crippen LogP contribution in [0, 0.1) is 29.8 Å². The van der Waals surface area contributed by atoms with E-state index in [1.54, 1.807) is 19.2 Å². The van der Waals surface area contributed by atoms with Crippen LogP contribution in [0.3, 0.4) is 0 Å². The summed E-state index contributed by atoms with van der Waals surface area (Å²) in [4.78, 5) is 14.2. The summed E-state index contributed by atoms with van der Waals surface area (Å²) in [6.07, 6.45) is 1.54. The highest BCUT2D eigenvalue weighted by atomic mass is 19.1. The van der Waals surface area contributed by atoms with Crippen LogP contribution in [0.25, 0.3) is 0 Å². The molecule has 0 aliphatic carbocycles. The Labute approximate surface area is 120 Å². The second-order valence-corrected chi connectivity index (χ2v) is 4.60. The van der Waals surface area contributed by atoms with Gasteiger partial charge in [0.1, 0.15) is 0 Å². The molecule has 0 atom stereocenters. The zero-order valence-corrected chi connectivity index (χ0v) is 11.6. The van der Waals surface area contributed by atoms with Crippen LogP contribution in [-0.4, -0.2) is 9.91 Å². The molecule has 0 radical (unpaired) electrons. The Balaban J connectivity index is 2.36. The monoisotopic (exact) mass is 291 g/mol.